The molecule has 2 aliphatic heterocycles. The van der Waals surface area contributed by atoms with E-state index in [1.807, 2.05) is 22.8 Å². The van der Waals surface area contributed by atoms with Crippen LogP contribution in [0, 0.1) is 0 Å². The Balaban J connectivity index is 1.22. The summed E-state index contributed by atoms with van der Waals surface area (Å²) < 4.78 is 27.4. The Labute approximate surface area is 183 Å². The summed E-state index contributed by atoms with van der Waals surface area (Å²) in [6.07, 6.45) is 6.99. The molecule has 1 saturated carbocycles. The zero-order chi connectivity index (χ0) is 21.4. The van der Waals surface area contributed by atoms with E-state index >= 15 is 0 Å². The van der Waals surface area contributed by atoms with Crippen molar-refractivity contribution in [2.24, 2.45) is 0 Å². The van der Waals surface area contributed by atoms with E-state index in [0.717, 1.165) is 63.2 Å². The van der Waals surface area contributed by atoms with Gasteiger partial charge in [0.1, 0.15) is 0 Å². The number of sulfonamides is 1. The number of nitrogens with zero attached hydrogens (tertiary/aromatic N) is 5. The Morgan fingerprint density at radius 2 is 1.74 bits per heavy atom. The Kier molecular flexibility index (Phi) is 5.75. The molecule has 0 unspecified atom stereocenters. The van der Waals surface area contributed by atoms with Crippen molar-refractivity contribution in [3.05, 3.63) is 34.9 Å². The number of hydrogen-bond acceptors (Lipinski definition) is 6. The molecule has 2 saturated heterocycles. The fourth-order valence-electron chi connectivity index (χ4n) is 5.19. The Morgan fingerprint density at radius 1 is 0.968 bits per heavy atom. The van der Waals surface area contributed by atoms with Gasteiger partial charge in [-0.25, -0.2) is 17.7 Å². The number of aromatic nitrogens is 2. The van der Waals surface area contributed by atoms with E-state index in [2.05, 4.69) is 14.8 Å². The molecule has 8 nitrogen and oxygen atoms in total. The molecular weight excluding hydrogens is 414 g/mol. The second-order valence-corrected chi connectivity index (χ2v) is 11.1. The van der Waals surface area contributed by atoms with Crippen LogP contribution in [0.1, 0.15) is 38.1 Å². The first-order valence-corrected chi connectivity index (χ1v) is 13.1. The van der Waals surface area contributed by atoms with E-state index in [0.29, 0.717) is 30.3 Å². The highest BCUT2D eigenvalue weighted by atomic mass is 32.2. The fraction of sp³-hybridized carbons (Fsp3) is 0.636. The van der Waals surface area contributed by atoms with Crippen LogP contribution >= 0.6 is 0 Å². The lowest BCUT2D eigenvalue weighted by Crippen LogP contribution is -2.48. The summed E-state index contributed by atoms with van der Waals surface area (Å²) in [7, 11) is -3.01. The molecule has 31 heavy (non-hydrogen) atoms. The standard InChI is InChI=1S/C22H31N5O3S/c28-22-20-7-6-19(16-21(20)23-17-27(22)18-4-1-2-5-18)25-12-9-24(10-13-25)11-14-26-8-3-15-31(26,29)30/h6-7,16-18H,1-5,8-15H2. The molecular formula is C22H31N5O3S. The van der Waals surface area contributed by atoms with Crippen molar-refractivity contribution >= 4 is 26.6 Å². The lowest BCUT2D eigenvalue weighted by Gasteiger charge is -2.36. The summed E-state index contributed by atoms with van der Waals surface area (Å²) in [5.74, 6) is 0.294. The minimum Gasteiger partial charge on any atom is -0.369 e. The Bertz CT molecular complexity index is 1100. The van der Waals surface area contributed by atoms with Crippen LogP contribution in [-0.4, -0.2) is 78.7 Å². The molecule has 3 fully saturated rings. The third-order valence-electron chi connectivity index (χ3n) is 7.09. The van der Waals surface area contributed by atoms with Crippen LogP contribution < -0.4 is 10.5 Å². The van der Waals surface area contributed by atoms with E-state index in [-0.39, 0.29) is 5.56 Å². The van der Waals surface area contributed by atoms with Gasteiger partial charge in [0.05, 0.1) is 23.0 Å². The van der Waals surface area contributed by atoms with Crippen LogP contribution in [0.15, 0.2) is 29.3 Å². The third kappa shape index (κ3) is 4.23. The molecule has 0 spiro atoms. The third-order valence-corrected chi connectivity index (χ3v) is 9.05. The van der Waals surface area contributed by atoms with E-state index in [9.17, 15) is 13.2 Å². The summed E-state index contributed by atoms with van der Waals surface area (Å²) in [4.78, 5) is 22.2. The molecule has 0 radical (unpaired) electrons. The first-order valence-electron chi connectivity index (χ1n) is 11.5. The van der Waals surface area contributed by atoms with Crippen molar-refractivity contribution in [2.75, 3.05) is 56.5 Å². The molecule has 1 aromatic carbocycles. The maximum atomic E-state index is 12.9. The average molecular weight is 446 g/mol. The molecule has 1 aliphatic carbocycles. The van der Waals surface area contributed by atoms with Gasteiger partial charge in [-0.3, -0.25) is 14.3 Å². The second-order valence-electron chi connectivity index (χ2n) is 8.99. The number of rotatable bonds is 5. The van der Waals surface area contributed by atoms with Gasteiger partial charge in [0, 0.05) is 57.5 Å². The molecule has 0 amide bonds. The monoisotopic (exact) mass is 445 g/mol. The van der Waals surface area contributed by atoms with Crippen LogP contribution in [-0.2, 0) is 10.0 Å². The van der Waals surface area contributed by atoms with Crippen molar-refractivity contribution in [3.8, 4) is 0 Å². The fourth-order valence-corrected chi connectivity index (χ4v) is 6.71. The lowest BCUT2D eigenvalue weighted by atomic mass is 10.1. The van der Waals surface area contributed by atoms with E-state index in [4.69, 9.17) is 0 Å². The van der Waals surface area contributed by atoms with Gasteiger partial charge in [-0.1, -0.05) is 12.8 Å². The molecule has 168 valence electrons. The average Bonchev–Trinajstić information content (AvgIpc) is 3.42. The summed E-state index contributed by atoms with van der Waals surface area (Å²) in [6, 6.07) is 6.29. The smallest absolute Gasteiger partial charge is 0.261 e. The zero-order valence-electron chi connectivity index (χ0n) is 17.9. The van der Waals surface area contributed by atoms with Gasteiger partial charge in [-0.2, -0.15) is 0 Å². The maximum Gasteiger partial charge on any atom is 0.261 e. The number of fused-ring (bicyclic) bond motifs is 1. The molecule has 9 heteroatoms. The SMILES string of the molecule is O=c1c2ccc(N3CCN(CCN4CCCS4(=O)=O)CC3)cc2ncn1C1CCCC1. The van der Waals surface area contributed by atoms with Gasteiger partial charge in [-0.15, -0.1) is 0 Å². The summed E-state index contributed by atoms with van der Waals surface area (Å²) in [6.45, 7) is 5.62. The predicted molar refractivity (Wildman–Crippen MR) is 122 cm³/mol. The van der Waals surface area contributed by atoms with E-state index in [1.54, 1.807) is 10.6 Å². The van der Waals surface area contributed by atoms with Gasteiger partial charge in [0.2, 0.25) is 10.0 Å². The van der Waals surface area contributed by atoms with Gasteiger partial charge >= 0.3 is 0 Å². The van der Waals surface area contributed by atoms with Crippen LogP contribution in [0.3, 0.4) is 0 Å². The van der Waals surface area contributed by atoms with Crippen molar-refractivity contribution < 1.29 is 8.42 Å². The minimum atomic E-state index is -3.01. The van der Waals surface area contributed by atoms with E-state index in [1.165, 1.54) is 12.8 Å². The number of piperazine rings is 1. The highest BCUT2D eigenvalue weighted by Crippen LogP contribution is 2.28. The maximum absolute atomic E-state index is 12.9. The van der Waals surface area contributed by atoms with E-state index < -0.39 is 10.0 Å². The molecule has 0 N–H and O–H groups in total. The highest BCUT2D eigenvalue weighted by molar-refractivity contribution is 7.89. The van der Waals surface area contributed by atoms with Crippen molar-refractivity contribution in [1.29, 1.82) is 0 Å². The first-order chi connectivity index (χ1) is 15.0. The quantitative estimate of drug-likeness (QED) is 0.697. The minimum absolute atomic E-state index is 0.0742. The lowest BCUT2D eigenvalue weighted by molar-refractivity contribution is 0.240. The Morgan fingerprint density at radius 3 is 2.45 bits per heavy atom. The summed E-state index contributed by atoms with van der Waals surface area (Å²) in [5.41, 5.74) is 1.93. The van der Waals surface area contributed by atoms with Crippen LogP contribution in [0.2, 0.25) is 0 Å². The van der Waals surface area contributed by atoms with Crippen LogP contribution in [0.5, 0.6) is 0 Å². The van der Waals surface area contributed by atoms with Crippen molar-refractivity contribution in [3.63, 3.8) is 0 Å². The first kappa shape index (κ1) is 20.9. The van der Waals surface area contributed by atoms with Crippen LogP contribution in [0.4, 0.5) is 5.69 Å². The molecule has 0 atom stereocenters. The molecule has 1 aromatic heterocycles. The largest absolute Gasteiger partial charge is 0.369 e. The van der Waals surface area contributed by atoms with Crippen molar-refractivity contribution in [2.45, 2.75) is 38.1 Å². The van der Waals surface area contributed by atoms with Gasteiger partial charge < -0.3 is 4.90 Å². The topological polar surface area (TPSA) is 78.8 Å². The molecule has 3 heterocycles. The molecule has 2 aromatic rings. The molecule has 3 aliphatic rings. The zero-order valence-corrected chi connectivity index (χ0v) is 18.8. The van der Waals surface area contributed by atoms with Gasteiger partial charge in [0.15, 0.2) is 0 Å². The number of hydrogen-bond donors (Lipinski definition) is 0. The summed E-state index contributed by atoms with van der Waals surface area (Å²) in [5, 5.41) is 0.698. The number of anilines is 1. The normalized spacial score (nSPS) is 23.2. The van der Waals surface area contributed by atoms with Crippen LogP contribution in [0.25, 0.3) is 10.9 Å². The molecule has 0 bridgehead atoms. The van der Waals surface area contributed by atoms with Gasteiger partial charge in [-0.05, 0) is 37.5 Å². The Hall–Kier alpha value is -1.97. The van der Waals surface area contributed by atoms with Gasteiger partial charge in [0.25, 0.3) is 5.56 Å². The molecule has 5 rings (SSSR count). The number of benzene rings is 1. The predicted octanol–water partition coefficient (Wildman–Crippen LogP) is 1.67. The summed E-state index contributed by atoms with van der Waals surface area (Å²) >= 11 is 0. The van der Waals surface area contributed by atoms with Crippen molar-refractivity contribution in [1.82, 2.24) is 18.8 Å². The second kappa shape index (κ2) is 8.52. The highest BCUT2D eigenvalue weighted by Gasteiger charge is 2.28.